The molecule has 0 unspecified atom stereocenters. The van der Waals surface area contributed by atoms with Crippen molar-refractivity contribution in [1.82, 2.24) is 15.1 Å². The van der Waals surface area contributed by atoms with Gasteiger partial charge in [0.15, 0.2) is 0 Å². The zero-order valence-corrected chi connectivity index (χ0v) is 12.4. The van der Waals surface area contributed by atoms with Crippen LogP contribution in [0.15, 0.2) is 16.5 Å². The maximum absolute atomic E-state index is 6.35. The third-order valence-corrected chi connectivity index (χ3v) is 3.52. The number of nitrogens with one attached hydrogen (secondary N) is 1. The van der Waals surface area contributed by atoms with Gasteiger partial charge in [0.1, 0.15) is 11.5 Å². The Morgan fingerprint density at radius 2 is 2.11 bits per heavy atom. The predicted molar refractivity (Wildman–Crippen MR) is 76.3 cm³/mol. The van der Waals surface area contributed by atoms with Crippen molar-refractivity contribution in [2.24, 2.45) is 0 Å². The molecule has 0 saturated carbocycles. The third-order valence-electron chi connectivity index (χ3n) is 3.08. The molecule has 0 fully saturated rings. The van der Waals surface area contributed by atoms with Crippen LogP contribution in [0.5, 0.6) is 0 Å². The standard InChI is InChI=1S/C14H20ClN3O/c1-4-12-14(15)13(18(5-2)17-12)9-16-8-11-7-6-10(3)19-11/h6-7,16H,4-5,8-9H2,1-3H3. The van der Waals surface area contributed by atoms with Gasteiger partial charge in [-0.1, -0.05) is 18.5 Å². The quantitative estimate of drug-likeness (QED) is 0.883. The number of aryl methyl sites for hydroxylation is 3. The summed E-state index contributed by atoms with van der Waals surface area (Å²) in [5.41, 5.74) is 2.01. The molecule has 4 nitrogen and oxygen atoms in total. The zero-order valence-electron chi connectivity index (χ0n) is 11.7. The summed E-state index contributed by atoms with van der Waals surface area (Å²) >= 11 is 6.35. The molecule has 0 aromatic carbocycles. The van der Waals surface area contributed by atoms with E-state index >= 15 is 0 Å². The Kier molecular flexibility index (Phi) is 4.66. The normalized spacial score (nSPS) is 11.2. The van der Waals surface area contributed by atoms with E-state index in [-0.39, 0.29) is 0 Å². The number of hydrogen-bond acceptors (Lipinski definition) is 3. The van der Waals surface area contributed by atoms with Crippen molar-refractivity contribution in [3.8, 4) is 0 Å². The summed E-state index contributed by atoms with van der Waals surface area (Å²) in [6.45, 7) is 8.30. The minimum Gasteiger partial charge on any atom is -0.465 e. The first-order chi connectivity index (χ1) is 9.15. The predicted octanol–water partition coefficient (Wildman–Crippen LogP) is 3.31. The first kappa shape index (κ1) is 14.2. The molecule has 1 N–H and O–H groups in total. The van der Waals surface area contributed by atoms with Crippen molar-refractivity contribution in [3.63, 3.8) is 0 Å². The third kappa shape index (κ3) is 3.19. The topological polar surface area (TPSA) is 43.0 Å². The average Bonchev–Trinajstić information content (AvgIpc) is 2.94. The fraction of sp³-hybridized carbons (Fsp3) is 0.500. The molecule has 0 atom stereocenters. The molecule has 0 aliphatic heterocycles. The maximum Gasteiger partial charge on any atom is 0.117 e. The summed E-state index contributed by atoms with van der Waals surface area (Å²) in [7, 11) is 0. The van der Waals surface area contributed by atoms with Gasteiger partial charge in [0.2, 0.25) is 0 Å². The molecule has 0 aliphatic rings. The second-order valence-corrected chi connectivity index (χ2v) is 4.87. The largest absolute Gasteiger partial charge is 0.465 e. The highest BCUT2D eigenvalue weighted by atomic mass is 35.5. The first-order valence-corrected chi connectivity index (χ1v) is 7.03. The second kappa shape index (κ2) is 6.26. The van der Waals surface area contributed by atoms with Gasteiger partial charge in [-0.25, -0.2) is 0 Å². The highest BCUT2D eigenvalue weighted by molar-refractivity contribution is 6.31. The van der Waals surface area contributed by atoms with Crippen molar-refractivity contribution in [1.29, 1.82) is 0 Å². The van der Waals surface area contributed by atoms with Gasteiger partial charge in [0.25, 0.3) is 0 Å². The molecule has 0 spiro atoms. The highest BCUT2D eigenvalue weighted by Gasteiger charge is 2.13. The molecule has 0 bridgehead atoms. The van der Waals surface area contributed by atoms with Gasteiger partial charge in [-0.3, -0.25) is 4.68 Å². The van der Waals surface area contributed by atoms with Crippen LogP contribution in [0, 0.1) is 6.92 Å². The van der Waals surface area contributed by atoms with Crippen LogP contribution in [0.3, 0.4) is 0 Å². The van der Waals surface area contributed by atoms with E-state index in [0.717, 1.165) is 40.9 Å². The van der Waals surface area contributed by atoms with E-state index in [1.165, 1.54) is 0 Å². The van der Waals surface area contributed by atoms with Gasteiger partial charge in [-0.15, -0.1) is 0 Å². The Morgan fingerprint density at radius 1 is 1.32 bits per heavy atom. The lowest BCUT2D eigenvalue weighted by Gasteiger charge is -2.06. The van der Waals surface area contributed by atoms with Crippen molar-refractivity contribution < 1.29 is 4.42 Å². The molecule has 19 heavy (non-hydrogen) atoms. The van der Waals surface area contributed by atoms with E-state index in [2.05, 4.69) is 24.3 Å². The number of aromatic nitrogens is 2. The lowest BCUT2D eigenvalue weighted by molar-refractivity contribution is 0.457. The molecule has 0 radical (unpaired) electrons. The van der Waals surface area contributed by atoms with Crippen LogP contribution in [0.2, 0.25) is 5.02 Å². The van der Waals surface area contributed by atoms with Crippen LogP contribution in [0.4, 0.5) is 0 Å². The van der Waals surface area contributed by atoms with E-state index in [0.29, 0.717) is 13.1 Å². The fourth-order valence-electron chi connectivity index (χ4n) is 2.07. The van der Waals surface area contributed by atoms with E-state index < -0.39 is 0 Å². The smallest absolute Gasteiger partial charge is 0.117 e. The summed E-state index contributed by atoms with van der Waals surface area (Å²) in [4.78, 5) is 0. The van der Waals surface area contributed by atoms with Crippen molar-refractivity contribution in [2.75, 3.05) is 0 Å². The number of hydrogen-bond donors (Lipinski definition) is 1. The molecule has 2 aromatic rings. The summed E-state index contributed by atoms with van der Waals surface area (Å²) in [6, 6.07) is 3.95. The van der Waals surface area contributed by atoms with Gasteiger partial charge in [-0.2, -0.15) is 5.10 Å². The molecular weight excluding hydrogens is 262 g/mol. The summed E-state index contributed by atoms with van der Waals surface area (Å²) in [6.07, 6.45) is 0.857. The highest BCUT2D eigenvalue weighted by Crippen LogP contribution is 2.21. The molecule has 2 aromatic heterocycles. The Bertz CT molecular complexity index is 545. The number of halogens is 1. The molecule has 2 rings (SSSR count). The summed E-state index contributed by atoms with van der Waals surface area (Å²) in [5.74, 6) is 1.87. The van der Waals surface area contributed by atoms with Gasteiger partial charge < -0.3 is 9.73 Å². The number of rotatable bonds is 6. The minimum atomic E-state index is 0.694. The van der Waals surface area contributed by atoms with Crippen molar-refractivity contribution >= 4 is 11.6 Å². The SMILES string of the molecule is CCc1nn(CC)c(CNCc2ccc(C)o2)c1Cl. The van der Waals surface area contributed by atoms with Gasteiger partial charge in [0.05, 0.1) is 23.0 Å². The average molecular weight is 282 g/mol. The molecule has 0 aliphatic carbocycles. The minimum absolute atomic E-state index is 0.694. The van der Waals surface area contributed by atoms with Crippen LogP contribution < -0.4 is 5.32 Å². The molecule has 0 saturated heterocycles. The molecule has 5 heteroatoms. The van der Waals surface area contributed by atoms with Crippen molar-refractivity contribution in [3.05, 3.63) is 40.1 Å². The monoisotopic (exact) mass is 281 g/mol. The Morgan fingerprint density at radius 3 is 2.68 bits per heavy atom. The van der Waals surface area contributed by atoms with E-state index in [1.54, 1.807) is 0 Å². The van der Waals surface area contributed by atoms with Crippen LogP contribution in [0.25, 0.3) is 0 Å². The van der Waals surface area contributed by atoms with Crippen LogP contribution in [-0.2, 0) is 26.1 Å². The Hall–Kier alpha value is -1.26. The molecule has 2 heterocycles. The van der Waals surface area contributed by atoms with Crippen molar-refractivity contribution in [2.45, 2.75) is 46.8 Å². The van der Waals surface area contributed by atoms with Gasteiger partial charge in [-0.05, 0) is 32.4 Å². The first-order valence-electron chi connectivity index (χ1n) is 6.65. The number of furan rings is 1. The van der Waals surface area contributed by atoms with Crippen LogP contribution in [-0.4, -0.2) is 9.78 Å². The van der Waals surface area contributed by atoms with Crippen LogP contribution >= 0.6 is 11.6 Å². The summed E-state index contributed by atoms with van der Waals surface area (Å²) < 4.78 is 7.48. The lowest BCUT2D eigenvalue weighted by Crippen LogP contribution is -2.16. The lowest BCUT2D eigenvalue weighted by atomic mass is 10.3. The molecule has 104 valence electrons. The fourth-order valence-corrected chi connectivity index (χ4v) is 2.41. The molecule has 0 amide bonds. The second-order valence-electron chi connectivity index (χ2n) is 4.49. The zero-order chi connectivity index (χ0) is 13.8. The van der Waals surface area contributed by atoms with E-state index in [4.69, 9.17) is 16.0 Å². The molecular formula is C14H20ClN3O. The van der Waals surface area contributed by atoms with E-state index in [1.807, 2.05) is 23.7 Å². The van der Waals surface area contributed by atoms with Gasteiger partial charge in [0, 0.05) is 13.1 Å². The summed E-state index contributed by atoms with van der Waals surface area (Å²) in [5, 5.41) is 8.63. The Labute approximate surface area is 118 Å². The van der Waals surface area contributed by atoms with Gasteiger partial charge >= 0.3 is 0 Å². The Balaban J connectivity index is 2.00. The van der Waals surface area contributed by atoms with Crippen LogP contribution in [0.1, 0.15) is 36.8 Å². The maximum atomic E-state index is 6.35. The number of nitrogens with zero attached hydrogens (tertiary/aromatic N) is 2. The van der Waals surface area contributed by atoms with E-state index in [9.17, 15) is 0 Å².